The molecule has 2 N–H and O–H groups in total. The maximum absolute atomic E-state index is 11.7. The van der Waals surface area contributed by atoms with Crippen molar-refractivity contribution < 1.29 is 9.59 Å². The van der Waals surface area contributed by atoms with Gasteiger partial charge in [0.25, 0.3) is 0 Å². The summed E-state index contributed by atoms with van der Waals surface area (Å²) in [5.41, 5.74) is 3.55. The number of halogens is 2. The van der Waals surface area contributed by atoms with E-state index in [0.717, 1.165) is 23.6 Å². The maximum atomic E-state index is 11.7. The maximum Gasteiger partial charge on any atom is 0.152 e. The number of aromatic amines is 2. The van der Waals surface area contributed by atoms with Gasteiger partial charge in [-0.05, 0) is 36.4 Å². The molecule has 0 atom stereocenters. The van der Waals surface area contributed by atoms with Gasteiger partial charge in [-0.3, -0.25) is 9.59 Å². The number of carbonyl (C=O) groups excluding carboxylic acids is 2. The fourth-order valence-corrected chi connectivity index (χ4v) is 3.35. The average molecular weight is 357 g/mol. The first-order valence-corrected chi connectivity index (χ1v) is 7.91. The molecule has 0 saturated carbocycles. The highest BCUT2D eigenvalue weighted by molar-refractivity contribution is 6.32. The van der Waals surface area contributed by atoms with Gasteiger partial charge in [-0.25, -0.2) is 0 Å². The number of carbonyl (C=O) groups is 2. The summed E-state index contributed by atoms with van der Waals surface area (Å²) in [4.78, 5) is 29.7. The van der Waals surface area contributed by atoms with Crippen LogP contribution in [-0.4, -0.2) is 22.5 Å². The fourth-order valence-electron chi connectivity index (χ4n) is 3.01. The number of H-pyrrole nitrogens is 2. The van der Waals surface area contributed by atoms with Crippen molar-refractivity contribution in [2.24, 2.45) is 0 Å². The number of aldehydes is 2. The summed E-state index contributed by atoms with van der Waals surface area (Å²) in [6, 6.07) is 10.5. The molecule has 4 rings (SSSR count). The monoisotopic (exact) mass is 356 g/mol. The van der Waals surface area contributed by atoms with E-state index in [9.17, 15) is 9.59 Å². The standard InChI is InChI=1S/C18H10Cl2N2O2/c19-9-1-3-15-11(5-9)13(7-23)17(21-15)18-14(8-24)12-6-10(20)2-4-16(12)22-18/h1-8,21-22H. The first-order valence-electron chi connectivity index (χ1n) is 7.15. The van der Waals surface area contributed by atoms with E-state index in [1.54, 1.807) is 36.4 Å². The minimum Gasteiger partial charge on any atom is -0.353 e. The van der Waals surface area contributed by atoms with Crippen LogP contribution in [0.1, 0.15) is 20.7 Å². The van der Waals surface area contributed by atoms with Crippen molar-refractivity contribution in [2.75, 3.05) is 0 Å². The second kappa shape index (κ2) is 5.51. The molecule has 2 heterocycles. The van der Waals surface area contributed by atoms with E-state index in [-0.39, 0.29) is 0 Å². The fraction of sp³-hybridized carbons (Fsp3) is 0. The normalized spacial score (nSPS) is 11.2. The third-order valence-corrected chi connectivity index (χ3v) is 4.56. The van der Waals surface area contributed by atoms with Gasteiger partial charge in [0.2, 0.25) is 0 Å². The number of nitrogens with one attached hydrogen (secondary N) is 2. The van der Waals surface area contributed by atoms with Gasteiger partial charge in [0.15, 0.2) is 12.6 Å². The summed E-state index contributed by atoms with van der Waals surface area (Å²) in [7, 11) is 0. The molecular weight excluding hydrogens is 347 g/mol. The molecule has 4 aromatic rings. The van der Waals surface area contributed by atoms with Crippen LogP contribution in [0.15, 0.2) is 36.4 Å². The van der Waals surface area contributed by atoms with Crippen LogP contribution < -0.4 is 0 Å². The topological polar surface area (TPSA) is 65.7 Å². The van der Waals surface area contributed by atoms with Gasteiger partial charge in [0, 0.05) is 43.0 Å². The molecule has 2 aromatic carbocycles. The molecule has 24 heavy (non-hydrogen) atoms. The Morgan fingerprint density at radius 3 is 1.50 bits per heavy atom. The molecule has 118 valence electrons. The molecule has 4 nitrogen and oxygen atoms in total. The first-order chi connectivity index (χ1) is 11.6. The number of fused-ring (bicyclic) bond motifs is 2. The van der Waals surface area contributed by atoms with Crippen molar-refractivity contribution in [2.45, 2.75) is 0 Å². The molecule has 0 aliphatic rings. The van der Waals surface area contributed by atoms with Gasteiger partial charge in [-0.1, -0.05) is 23.2 Å². The second-order valence-corrected chi connectivity index (χ2v) is 6.32. The highest BCUT2D eigenvalue weighted by Gasteiger charge is 2.19. The van der Waals surface area contributed by atoms with Crippen LogP contribution >= 0.6 is 23.2 Å². The lowest BCUT2D eigenvalue weighted by atomic mass is 10.1. The summed E-state index contributed by atoms with van der Waals surface area (Å²) in [5, 5.41) is 2.49. The van der Waals surface area contributed by atoms with Crippen LogP contribution in [0.25, 0.3) is 33.2 Å². The number of hydrogen-bond donors (Lipinski definition) is 2. The van der Waals surface area contributed by atoms with Crippen LogP contribution in [0.3, 0.4) is 0 Å². The molecule has 0 aliphatic carbocycles. The van der Waals surface area contributed by atoms with E-state index in [4.69, 9.17) is 23.2 Å². The predicted octanol–water partition coefficient (Wildman–Crippen LogP) is 5.25. The minimum absolute atomic E-state index is 0.452. The molecule has 0 aliphatic heterocycles. The van der Waals surface area contributed by atoms with Crippen molar-refractivity contribution in [3.63, 3.8) is 0 Å². The Balaban J connectivity index is 2.09. The average Bonchev–Trinajstić information content (AvgIpc) is 3.11. The zero-order valence-corrected chi connectivity index (χ0v) is 13.7. The third-order valence-electron chi connectivity index (χ3n) is 4.09. The molecule has 0 unspecified atom stereocenters. The van der Waals surface area contributed by atoms with Crippen molar-refractivity contribution in [1.29, 1.82) is 0 Å². The quantitative estimate of drug-likeness (QED) is 0.492. The molecule has 2 aromatic heterocycles. The Morgan fingerprint density at radius 1 is 0.708 bits per heavy atom. The predicted molar refractivity (Wildman–Crippen MR) is 96.4 cm³/mol. The Kier molecular flexibility index (Phi) is 3.44. The van der Waals surface area contributed by atoms with E-state index in [1.807, 2.05) is 0 Å². The van der Waals surface area contributed by atoms with Crippen molar-refractivity contribution in [1.82, 2.24) is 9.97 Å². The highest BCUT2D eigenvalue weighted by atomic mass is 35.5. The zero-order chi connectivity index (χ0) is 16.8. The lowest BCUT2D eigenvalue weighted by Crippen LogP contribution is -1.89. The summed E-state index contributed by atoms with van der Waals surface area (Å²) in [6.07, 6.45) is 1.52. The van der Waals surface area contributed by atoms with E-state index in [0.29, 0.717) is 43.3 Å². The van der Waals surface area contributed by atoms with Crippen LogP contribution in [0, 0.1) is 0 Å². The summed E-state index contributed by atoms with van der Waals surface area (Å²) < 4.78 is 0. The van der Waals surface area contributed by atoms with Crippen molar-refractivity contribution in [3.8, 4) is 11.4 Å². The van der Waals surface area contributed by atoms with Crippen LogP contribution in [-0.2, 0) is 0 Å². The molecule has 0 spiro atoms. The second-order valence-electron chi connectivity index (χ2n) is 5.44. The summed E-state index contributed by atoms with van der Waals surface area (Å²) in [5.74, 6) is 0. The zero-order valence-electron chi connectivity index (χ0n) is 12.2. The minimum atomic E-state index is 0.452. The smallest absolute Gasteiger partial charge is 0.152 e. The number of rotatable bonds is 3. The van der Waals surface area contributed by atoms with E-state index in [2.05, 4.69) is 9.97 Å². The van der Waals surface area contributed by atoms with Crippen molar-refractivity contribution >= 4 is 57.6 Å². The molecule has 0 saturated heterocycles. The third kappa shape index (κ3) is 2.15. The van der Waals surface area contributed by atoms with Gasteiger partial charge >= 0.3 is 0 Å². The largest absolute Gasteiger partial charge is 0.353 e. The number of benzene rings is 2. The Bertz CT molecular complexity index is 1040. The Hall–Kier alpha value is -2.56. The van der Waals surface area contributed by atoms with Gasteiger partial charge in [0.1, 0.15) is 0 Å². The van der Waals surface area contributed by atoms with Crippen LogP contribution in [0.2, 0.25) is 10.0 Å². The molecule has 6 heteroatoms. The molecule has 0 radical (unpaired) electrons. The van der Waals surface area contributed by atoms with Crippen molar-refractivity contribution in [3.05, 3.63) is 57.6 Å². The molecular formula is C18H10Cl2N2O2. The van der Waals surface area contributed by atoms with Gasteiger partial charge < -0.3 is 9.97 Å². The van der Waals surface area contributed by atoms with E-state index >= 15 is 0 Å². The van der Waals surface area contributed by atoms with E-state index < -0.39 is 0 Å². The number of hydrogen-bond acceptors (Lipinski definition) is 2. The lowest BCUT2D eigenvalue weighted by Gasteiger charge is -1.98. The molecule has 0 amide bonds. The molecule has 0 fully saturated rings. The van der Waals surface area contributed by atoms with Crippen LogP contribution in [0.5, 0.6) is 0 Å². The van der Waals surface area contributed by atoms with Crippen LogP contribution in [0.4, 0.5) is 0 Å². The van der Waals surface area contributed by atoms with E-state index in [1.165, 1.54) is 0 Å². The SMILES string of the molecule is O=Cc1c(-c2[nH]c3ccc(Cl)cc3c2C=O)[nH]c2ccc(Cl)cc12. The summed E-state index contributed by atoms with van der Waals surface area (Å²) >= 11 is 12.1. The number of aromatic nitrogens is 2. The van der Waals surface area contributed by atoms with Gasteiger partial charge in [0.05, 0.1) is 11.4 Å². The Morgan fingerprint density at radius 2 is 1.12 bits per heavy atom. The highest BCUT2D eigenvalue weighted by Crippen LogP contribution is 2.35. The van der Waals surface area contributed by atoms with Gasteiger partial charge in [-0.15, -0.1) is 0 Å². The molecule has 0 bridgehead atoms. The van der Waals surface area contributed by atoms with Gasteiger partial charge in [-0.2, -0.15) is 0 Å². The lowest BCUT2D eigenvalue weighted by molar-refractivity contribution is 0.111. The Labute approximate surface area is 146 Å². The first kappa shape index (κ1) is 15.0. The summed E-state index contributed by atoms with van der Waals surface area (Å²) in [6.45, 7) is 0.